The predicted octanol–water partition coefficient (Wildman–Crippen LogP) is 3.35. The van der Waals surface area contributed by atoms with Crippen LogP contribution >= 0.6 is 11.6 Å². The number of ether oxygens (including phenoxy) is 2. The Morgan fingerprint density at radius 2 is 2.25 bits per heavy atom. The van der Waals surface area contributed by atoms with E-state index in [1.807, 2.05) is 0 Å². The fourth-order valence-electron chi connectivity index (χ4n) is 1.37. The van der Waals surface area contributed by atoms with E-state index in [9.17, 15) is 0 Å². The fourth-order valence-corrected chi connectivity index (χ4v) is 1.55. The number of nitrogens with zero attached hydrogens (tertiary/aromatic N) is 3. The predicted molar refractivity (Wildman–Crippen MR) is 61.8 cm³/mol. The molecular formula is C10H12ClN3O2. The summed E-state index contributed by atoms with van der Waals surface area (Å²) in [5.74, 6) is 0.624. The van der Waals surface area contributed by atoms with Crippen LogP contribution < -0.4 is 4.74 Å². The van der Waals surface area contributed by atoms with Crippen LogP contribution in [0.4, 0.5) is 0 Å². The van der Waals surface area contributed by atoms with Crippen molar-refractivity contribution in [3.05, 3.63) is 39.2 Å². The molecule has 1 aromatic carbocycles. The Balaban J connectivity index is 3.14. The molecule has 0 aliphatic rings. The number of halogens is 1. The van der Waals surface area contributed by atoms with Crippen LogP contribution in [0.1, 0.15) is 11.6 Å². The van der Waals surface area contributed by atoms with Gasteiger partial charge >= 0.3 is 0 Å². The van der Waals surface area contributed by atoms with Crippen molar-refractivity contribution >= 4 is 11.6 Å². The van der Waals surface area contributed by atoms with Gasteiger partial charge in [-0.1, -0.05) is 16.7 Å². The Bertz CT molecular complexity index is 405. The minimum absolute atomic E-state index is 0.279. The first-order valence-electron chi connectivity index (χ1n) is 4.59. The monoisotopic (exact) mass is 241 g/mol. The van der Waals surface area contributed by atoms with E-state index in [4.69, 9.17) is 26.6 Å². The first kappa shape index (κ1) is 12.6. The zero-order valence-electron chi connectivity index (χ0n) is 9.05. The van der Waals surface area contributed by atoms with Crippen LogP contribution in [0.25, 0.3) is 10.4 Å². The summed E-state index contributed by atoms with van der Waals surface area (Å²) in [6.45, 7) is 0.279. The van der Waals surface area contributed by atoms with Gasteiger partial charge in [0.2, 0.25) is 0 Å². The number of benzene rings is 1. The highest BCUT2D eigenvalue weighted by Crippen LogP contribution is 2.30. The van der Waals surface area contributed by atoms with Crippen molar-refractivity contribution in [2.75, 3.05) is 20.8 Å². The normalized spacial score (nSPS) is 11.7. The van der Waals surface area contributed by atoms with Crippen LogP contribution in [0, 0.1) is 0 Å². The van der Waals surface area contributed by atoms with Gasteiger partial charge in [0.15, 0.2) is 0 Å². The molecule has 0 fully saturated rings. The van der Waals surface area contributed by atoms with E-state index >= 15 is 0 Å². The van der Waals surface area contributed by atoms with Gasteiger partial charge in [-0.2, -0.15) is 0 Å². The lowest BCUT2D eigenvalue weighted by molar-refractivity contribution is 0.179. The lowest BCUT2D eigenvalue weighted by atomic mass is 10.1. The molecule has 6 heteroatoms. The van der Waals surface area contributed by atoms with Gasteiger partial charge in [-0.05, 0) is 23.7 Å². The fraction of sp³-hybridized carbons (Fsp3) is 0.400. The molecule has 0 heterocycles. The van der Waals surface area contributed by atoms with Crippen molar-refractivity contribution in [2.45, 2.75) is 6.04 Å². The molecule has 5 nitrogen and oxygen atoms in total. The quantitative estimate of drug-likeness (QED) is 0.451. The van der Waals surface area contributed by atoms with Gasteiger partial charge in [0, 0.05) is 22.6 Å². The van der Waals surface area contributed by atoms with Crippen LogP contribution in [-0.2, 0) is 4.74 Å². The molecule has 1 aromatic rings. The van der Waals surface area contributed by atoms with Crippen LogP contribution in [0.3, 0.4) is 0 Å². The van der Waals surface area contributed by atoms with E-state index in [1.165, 1.54) is 7.11 Å². The van der Waals surface area contributed by atoms with Crippen molar-refractivity contribution in [1.29, 1.82) is 0 Å². The first-order valence-corrected chi connectivity index (χ1v) is 4.97. The number of methoxy groups -OCH3 is 2. The third kappa shape index (κ3) is 3.03. The number of hydrogen-bond acceptors (Lipinski definition) is 3. The lowest BCUT2D eigenvalue weighted by Crippen LogP contribution is -2.05. The third-order valence-electron chi connectivity index (χ3n) is 2.07. The van der Waals surface area contributed by atoms with Crippen LogP contribution in [0.2, 0.25) is 5.02 Å². The number of hydrogen-bond donors (Lipinski definition) is 0. The van der Waals surface area contributed by atoms with E-state index in [0.717, 1.165) is 5.56 Å². The molecule has 0 amide bonds. The summed E-state index contributed by atoms with van der Waals surface area (Å²) < 4.78 is 10.2. The van der Waals surface area contributed by atoms with Gasteiger partial charge in [0.25, 0.3) is 0 Å². The molecule has 0 spiro atoms. The van der Waals surface area contributed by atoms with E-state index in [0.29, 0.717) is 10.8 Å². The molecule has 0 radical (unpaired) electrons. The molecule has 0 N–H and O–H groups in total. The van der Waals surface area contributed by atoms with Gasteiger partial charge in [-0.15, -0.1) is 0 Å². The summed E-state index contributed by atoms with van der Waals surface area (Å²) in [5.41, 5.74) is 9.20. The number of rotatable bonds is 5. The first-order chi connectivity index (χ1) is 7.72. The summed E-state index contributed by atoms with van der Waals surface area (Å²) >= 11 is 5.89. The zero-order valence-corrected chi connectivity index (χ0v) is 9.81. The van der Waals surface area contributed by atoms with Crippen LogP contribution in [0.15, 0.2) is 23.3 Å². The summed E-state index contributed by atoms with van der Waals surface area (Å²) in [4.78, 5) is 2.78. The zero-order chi connectivity index (χ0) is 12.0. The average molecular weight is 242 g/mol. The Morgan fingerprint density at radius 3 is 2.81 bits per heavy atom. The Labute approximate surface area is 98.6 Å². The second-order valence-electron chi connectivity index (χ2n) is 3.06. The Morgan fingerprint density at radius 1 is 1.50 bits per heavy atom. The molecule has 0 saturated carbocycles. The van der Waals surface area contributed by atoms with Gasteiger partial charge in [-0.3, -0.25) is 0 Å². The van der Waals surface area contributed by atoms with Crippen molar-refractivity contribution in [3.63, 3.8) is 0 Å². The lowest BCUT2D eigenvalue weighted by Gasteiger charge is -2.14. The minimum atomic E-state index is -0.441. The van der Waals surface area contributed by atoms with E-state index in [-0.39, 0.29) is 6.61 Å². The Hall–Kier alpha value is -1.42. The molecule has 0 bridgehead atoms. The maximum Gasteiger partial charge on any atom is 0.122 e. The van der Waals surface area contributed by atoms with Crippen molar-refractivity contribution < 1.29 is 9.47 Å². The van der Waals surface area contributed by atoms with Gasteiger partial charge < -0.3 is 9.47 Å². The highest BCUT2D eigenvalue weighted by Gasteiger charge is 2.15. The molecule has 86 valence electrons. The summed E-state index contributed by atoms with van der Waals surface area (Å²) in [6.07, 6.45) is 0. The topological polar surface area (TPSA) is 67.2 Å². The van der Waals surface area contributed by atoms with E-state index in [1.54, 1.807) is 25.3 Å². The second kappa shape index (κ2) is 6.23. The minimum Gasteiger partial charge on any atom is -0.496 e. The third-order valence-corrected chi connectivity index (χ3v) is 2.30. The molecule has 0 aliphatic heterocycles. The largest absolute Gasteiger partial charge is 0.496 e. The smallest absolute Gasteiger partial charge is 0.122 e. The maximum atomic E-state index is 8.49. The summed E-state index contributed by atoms with van der Waals surface area (Å²) in [6, 6.07) is 4.71. The van der Waals surface area contributed by atoms with Crippen molar-refractivity contribution in [2.24, 2.45) is 5.11 Å². The summed E-state index contributed by atoms with van der Waals surface area (Å²) in [7, 11) is 3.09. The van der Waals surface area contributed by atoms with Gasteiger partial charge in [-0.25, -0.2) is 0 Å². The second-order valence-corrected chi connectivity index (χ2v) is 3.50. The highest BCUT2D eigenvalue weighted by atomic mass is 35.5. The molecule has 16 heavy (non-hydrogen) atoms. The Kier molecular flexibility index (Phi) is 4.92. The molecule has 0 saturated heterocycles. The molecule has 0 aliphatic carbocycles. The molecule has 1 atom stereocenters. The average Bonchev–Trinajstić information content (AvgIpc) is 2.29. The van der Waals surface area contributed by atoms with E-state index < -0.39 is 6.04 Å². The SMILES string of the molecule is COC[C@H](N=[N+]=[N-])c1cc(Cl)ccc1OC. The molecular weight excluding hydrogens is 230 g/mol. The van der Waals surface area contributed by atoms with E-state index in [2.05, 4.69) is 10.0 Å². The standard InChI is InChI=1S/C10H12ClN3O2/c1-15-6-9(13-14-12)8-5-7(11)3-4-10(8)16-2/h3-5,9H,6H2,1-2H3/t9-/m0/s1. The summed E-state index contributed by atoms with van der Waals surface area (Å²) in [5, 5.41) is 4.21. The maximum absolute atomic E-state index is 8.49. The van der Waals surface area contributed by atoms with Gasteiger partial charge in [0.05, 0.1) is 19.8 Å². The molecule has 0 unspecified atom stereocenters. The molecule has 0 aromatic heterocycles. The molecule has 1 rings (SSSR count). The van der Waals surface area contributed by atoms with Gasteiger partial charge in [0.1, 0.15) is 5.75 Å². The van der Waals surface area contributed by atoms with Crippen LogP contribution in [-0.4, -0.2) is 20.8 Å². The van der Waals surface area contributed by atoms with Crippen molar-refractivity contribution in [1.82, 2.24) is 0 Å². The van der Waals surface area contributed by atoms with Crippen molar-refractivity contribution in [3.8, 4) is 5.75 Å². The highest BCUT2D eigenvalue weighted by molar-refractivity contribution is 6.30. The van der Waals surface area contributed by atoms with Crippen LogP contribution in [0.5, 0.6) is 5.75 Å². The number of azide groups is 1.